The monoisotopic (exact) mass is 774 g/mol. The van der Waals surface area contributed by atoms with Crippen LogP contribution in [0.4, 0.5) is 0 Å². The van der Waals surface area contributed by atoms with Crippen molar-refractivity contribution in [1.82, 2.24) is 9.97 Å². The lowest BCUT2D eigenvalue weighted by atomic mass is 9.58. The van der Waals surface area contributed by atoms with Crippen molar-refractivity contribution in [3.8, 4) is 22.5 Å². The van der Waals surface area contributed by atoms with E-state index < -0.39 is 22.7 Å². The van der Waals surface area contributed by atoms with E-state index in [-0.39, 0.29) is 11.9 Å². The van der Waals surface area contributed by atoms with E-state index >= 15 is 0 Å². The number of fused-ring (bicyclic) bond motifs is 12. The summed E-state index contributed by atoms with van der Waals surface area (Å²) in [5, 5.41) is 6.59. The van der Waals surface area contributed by atoms with Crippen LogP contribution in [0.3, 0.4) is 0 Å². The largest absolute Gasteiger partial charge is 0.466 e. The van der Waals surface area contributed by atoms with Crippen LogP contribution in [-0.2, 0) is 29.9 Å². The number of esters is 2. The van der Waals surface area contributed by atoms with E-state index in [9.17, 15) is 9.59 Å². The first-order valence-corrected chi connectivity index (χ1v) is 21.0. The van der Waals surface area contributed by atoms with Crippen LogP contribution in [-0.4, -0.2) is 35.1 Å². The van der Waals surface area contributed by atoms with E-state index in [4.69, 9.17) is 19.4 Å². The number of nitrogens with zero attached hydrogens (tertiary/aromatic N) is 2. The molecule has 10 rings (SSSR count). The zero-order valence-corrected chi connectivity index (χ0v) is 33.9. The van der Waals surface area contributed by atoms with Gasteiger partial charge >= 0.3 is 11.9 Å². The number of rotatable bonds is 10. The summed E-state index contributed by atoms with van der Waals surface area (Å²) in [6, 6.07) is 47.3. The maximum absolute atomic E-state index is 14.0. The standard InChI is InChI=1S/C53H46N2O4/c1-5-58-50(56)32(3)29-52(40-25-23-34-15-7-11-19-38(34)46(40)48-42(52)27-36-17-9-13-21-44(36)54-48)31-53(30-33(4)51(57)59-6-2)41-26-24-35-16-8-12-20-39(35)47(41)49-43(53)28-37-18-10-14-22-45(37)55-49/h7-28,32-33H,5-6,29-31H2,1-4H3. The number of carbonyl (C=O) groups excluding carboxylic acids is 2. The van der Waals surface area contributed by atoms with Crippen molar-refractivity contribution in [1.29, 1.82) is 0 Å². The molecule has 2 aliphatic carbocycles. The molecule has 2 aromatic heterocycles. The molecule has 4 atom stereocenters. The van der Waals surface area contributed by atoms with E-state index in [1.165, 1.54) is 0 Å². The topological polar surface area (TPSA) is 78.4 Å². The third-order valence-electron chi connectivity index (χ3n) is 13.1. The van der Waals surface area contributed by atoms with E-state index in [2.05, 4.69) is 121 Å². The third-order valence-corrected chi connectivity index (χ3v) is 13.1. The minimum absolute atomic E-state index is 0.226. The molecule has 6 heteroatoms. The van der Waals surface area contributed by atoms with Crippen molar-refractivity contribution in [3.05, 3.63) is 156 Å². The van der Waals surface area contributed by atoms with Gasteiger partial charge in [-0.3, -0.25) is 9.59 Å². The Morgan fingerprint density at radius 1 is 0.508 bits per heavy atom. The molecule has 4 unspecified atom stereocenters. The lowest BCUT2D eigenvalue weighted by Gasteiger charge is -2.44. The van der Waals surface area contributed by atoms with Crippen molar-refractivity contribution in [3.63, 3.8) is 0 Å². The molecule has 8 aromatic rings. The van der Waals surface area contributed by atoms with Crippen LogP contribution >= 0.6 is 0 Å². The van der Waals surface area contributed by atoms with Crippen LogP contribution in [0.1, 0.15) is 69.2 Å². The number of para-hydroxylation sites is 2. The lowest BCUT2D eigenvalue weighted by Crippen LogP contribution is -2.41. The van der Waals surface area contributed by atoms with Crippen molar-refractivity contribution in [2.24, 2.45) is 11.8 Å². The van der Waals surface area contributed by atoms with Gasteiger partial charge in [0.1, 0.15) is 0 Å². The molecule has 0 fully saturated rings. The summed E-state index contributed by atoms with van der Waals surface area (Å²) in [5.74, 6) is -1.37. The first-order valence-electron chi connectivity index (χ1n) is 21.0. The first-order chi connectivity index (χ1) is 28.8. The molecular weight excluding hydrogens is 729 g/mol. The van der Waals surface area contributed by atoms with Gasteiger partial charge in [0.15, 0.2) is 0 Å². The van der Waals surface area contributed by atoms with Crippen molar-refractivity contribution < 1.29 is 19.1 Å². The molecule has 2 heterocycles. The molecule has 0 N–H and O–H groups in total. The summed E-state index contributed by atoms with van der Waals surface area (Å²) in [6.45, 7) is 8.33. The highest BCUT2D eigenvalue weighted by Crippen LogP contribution is 2.64. The number of ether oxygens (including phenoxy) is 2. The quantitative estimate of drug-likeness (QED) is 0.129. The maximum Gasteiger partial charge on any atom is 0.308 e. The highest BCUT2D eigenvalue weighted by molar-refractivity contribution is 6.05. The molecule has 2 aliphatic rings. The summed E-state index contributed by atoms with van der Waals surface area (Å²) >= 11 is 0. The molecule has 0 aliphatic heterocycles. The van der Waals surface area contributed by atoms with E-state index in [0.717, 1.165) is 88.1 Å². The van der Waals surface area contributed by atoms with Gasteiger partial charge in [0.2, 0.25) is 0 Å². The molecule has 59 heavy (non-hydrogen) atoms. The fourth-order valence-electron chi connectivity index (χ4n) is 10.7. The summed E-state index contributed by atoms with van der Waals surface area (Å²) in [6.07, 6.45) is 1.49. The normalized spacial score (nSPS) is 18.6. The fraction of sp³-hybridized carbons (Fsp3) is 0.245. The summed E-state index contributed by atoms with van der Waals surface area (Å²) in [5.41, 5.74) is 8.85. The third kappa shape index (κ3) is 5.67. The lowest BCUT2D eigenvalue weighted by molar-refractivity contribution is -0.148. The summed E-state index contributed by atoms with van der Waals surface area (Å²) < 4.78 is 11.6. The molecule has 6 aromatic carbocycles. The minimum atomic E-state index is -0.761. The Bertz CT molecular complexity index is 2810. The van der Waals surface area contributed by atoms with Crippen LogP contribution < -0.4 is 0 Å². The SMILES string of the molecule is CCOC(=O)C(C)CC1(CC2(CC(C)C(=O)OCC)c3cc4ccccc4nc3-c3c2ccc2ccccc32)c2cc3ccccc3nc2-c2c1ccc1ccccc21. The van der Waals surface area contributed by atoms with Crippen molar-refractivity contribution >= 4 is 55.3 Å². The highest BCUT2D eigenvalue weighted by Gasteiger charge is 2.56. The first kappa shape index (κ1) is 36.9. The molecule has 0 saturated heterocycles. The van der Waals surface area contributed by atoms with Crippen LogP contribution in [0, 0.1) is 11.8 Å². The van der Waals surface area contributed by atoms with Gasteiger partial charge in [-0.25, -0.2) is 9.97 Å². The van der Waals surface area contributed by atoms with E-state index in [0.29, 0.717) is 32.5 Å². The van der Waals surface area contributed by atoms with Gasteiger partial charge in [-0.05, 0) is 101 Å². The van der Waals surface area contributed by atoms with Crippen LogP contribution in [0.2, 0.25) is 0 Å². The predicted molar refractivity (Wildman–Crippen MR) is 236 cm³/mol. The van der Waals surface area contributed by atoms with Gasteiger partial charge in [-0.1, -0.05) is 123 Å². The van der Waals surface area contributed by atoms with E-state index in [1.807, 2.05) is 39.8 Å². The Hall–Kier alpha value is -6.40. The number of aromatic nitrogens is 2. The van der Waals surface area contributed by atoms with Crippen LogP contribution in [0.15, 0.2) is 133 Å². The Labute approximate surface area is 344 Å². The molecule has 0 spiro atoms. The molecule has 6 nitrogen and oxygen atoms in total. The molecule has 0 radical (unpaired) electrons. The molecular formula is C53H46N2O4. The zero-order chi connectivity index (χ0) is 40.5. The highest BCUT2D eigenvalue weighted by atomic mass is 16.5. The molecule has 292 valence electrons. The number of hydrogen-bond acceptors (Lipinski definition) is 6. The van der Waals surface area contributed by atoms with Gasteiger partial charge in [-0.2, -0.15) is 0 Å². The maximum atomic E-state index is 14.0. The van der Waals surface area contributed by atoms with Crippen LogP contribution in [0.5, 0.6) is 0 Å². The fourth-order valence-corrected chi connectivity index (χ4v) is 10.7. The Balaban J connectivity index is 1.34. The summed E-state index contributed by atoms with van der Waals surface area (Å²) in [7, 11) is 0. The summed E-state index contributed by atoms with van der Waals surface area (Å²) in [4.78, 5) is 38.9. The number of carbonyl (C=O) groups is 2. The number of hydrogen-bond donors (Lipinski definition) is 0. The Morgan fingerprint density at radius 2 is 0.898 bits per heavy atom. The van der Waals surface area contributed by atoms with Gasteiger partial charge in [0, 0.05) is 32.7 Å². The zero-order valence-electron chi connectivity index (χ0n) is 33.9. The van der Waals surface area contributed by atoms with Gasteiger partial charge in [-0.15, -0.1) is 0 Å². The van der Waals surface area contributed by atoms with Crippen molar-refractivity contribution in [2.75, 3.05) is 13.2 Å². The Kier molecular flexibility index (Phi) is 8.86. The number of pyridine rings is 2. The van der Waals surface area contributed by atoms with Gasteiger partial charge in [0.05, 0.1) is 47.5 Å². The second-order valence-electron chi connectivity index (χ2n) is 16.6. The minimum Gasteiger partial charge on any atom is -0.466 e. The second-order valence-corrected chi connectivity index (χ2v) is 16.6. The molecule has 0 saturated carbocycles. The Morgan fingerprint density at radius 3 is 1.32 bits per heavy atom. The molecule has 0 amide bonds. The average Bonchev–Trinajstić information content (AvgIpc) is 3.67. The predicted octanol–water partition coefficient (Wildman–Crippen LogP) is 11.9. The van der Waals surface area contributed by atoms with Crippen molar-refractivity contribution in [2.45, 2.75) is 57.8 Å². The van der Waals surface area contributed by atoms with Crippen LogP contribution in [0.25, 0.3) is 65.9 Å². The van der Waals surface area contributed by atoms with Gasteiger partial charge < -0.3 is 9.47 Å². The second kappa shape index (κ2) is 14.2. The number of benzene rings is 6. The average molecular weight is 775 g/mol. The van der Waals surface area contributed by atoms with Gasteiger partial charge in [0.25, 0.3) is 0 Å². The van der Waals surface area contributed by atoms with E-state index in [1.54, 1.807) is 0 Å². The molecule has 0 bridgehead atoms. The smallest absolute Gasteiger partial charge is 0.308 e.